The van der Waals surface area contributed by atoms with E-state index in [9.17, 15) is 4.79 Å². The summed E-state index contributed by atoms with van der Waals surface area (Å²) in [5.41, 5.74) is 3.90. The first-order chi connectivity index (χ1) is 15.7. The largest absolute Gasteiger partial charge is 0.342 e. The van der Waals surface area contributed by atoms with E-state index in [4.69, 9.17) is 0 Å². The first-order valence-corrected chi connectivity index (χ1v) is 11.3. The van der Waals surface area contributed by atoms with Gasteiger partial charge in [-0.2, -0.15) is 0 Å². The number of benzene rings is 1. The molecule has 1 aliphatic heterocycles. The second-order valence-corrected chi connectivity index (χ2v) is 8.46. The van der Waals surface area contributed by atoms with Crippen LogP contribution in [0.3, 0.4) is 0 Å². The van der Waals surface area contributed by atoms with Crippen LogP contribution in [0.1, 0.15) is 47.6 Å². The van der Waals surface area contributed by atoms with Crippen LogP contribution in [-0.4, -0.2) is 40.4 Å². The van der Waals surface area contributed by atoms with Crippen LogP contribution in [0.5, 0.6) is 0 Å². The van der Waals surface area contributed by atoms with Crippen molar-refractivity contribution in [3.63, 3.8) is 0 Å². The van der Waals surface area contributed by atoms with Crippen molar-refractivity contribution in [2.24, 2.45) is 5.92 Å². The number of piperidine rings is 1. The lowest BCUT2D eigenvalue weighted by Gasteiger charge is -2.37. The summed E-state index contributed by atoms with van der Waals surface area (Å²) in [4.78, 5) is 24.2. The van der Waals surface area contributed by atoms with Crippen LogP contribution >= 0.6 is 0 Å². The number of aromatic nitrogens is 2. The summed E-state index contributed by atoms with van der Waals surface area (Å²) in [7, 11) is 0. The zero-order valence-electron chi connectivity index (χ0n) is 18.5. The Kier molecular flexibility index (Phi) is 7.41. The molecule has 0 radical (unpaired) electrons. The standard InChI is InChI=1S/C27H30N4O/c1-21(18-22-10-3-2-4-11-22)19-31-17-9-12-23(20-31)26(24-13-5-7-15-28-24)30-27(32)25-14-6-8-16-29-25/h2-8,10-11,13-16,18,23,26H,9,12,17,19-20H2,1H3,(H,30,32)/b21-18+/t23-,26-/m1/s1. The van der Waals surface area contributed by atoms with Gasteiger partial charge >= 0.3 is 0 Å². The predicted octanol–water partition coefficient (Wildman–Crippen LogP) is 4.76. The molecule has 1 N–H and O–H groups in total. The SMILES string of the molecule is C/C(=C\c1ccccc1)CN1CCC[C@@H]([C@@H](NC(=O)c2ccccn2)c2ccccn2)C1. The number of nitrogens with one attached hydrogen (secondary N) is 1. The molecule has 1 aliphatic rings. The molecule has 1 fully saturated rings. The average molecular weight is 427 g/mol. The van der Waals surface area contributed by atoms with Crippen molar-refractivity contribution in [2.75, 3.05) is 19.6 Å². The number of hydrogen-bond donors (Lipinski definition) is 1. The van der Waals surface area contributed by atoms with Crippen LogP contribution in [0.15, 0.2) is 84.7 Å². The first kappa shape index (κ1) is 21.9. The quantitative estimate of drug-likeness (QED) is 0.592. The van der Waals surface area contributed by atoms with E-state index < -0.39 is 0 Å². The molecule has 164 valence electrons. The van der Waals surface area contributed by atoms with Crippen molar-refractivity contribution in [3.8, 4) is 0 Å². The zero-order valence-corrected chi connectivity index (χ0v) is 18.5. The van der Waals surface area contributed by atoms with Gasteiger partial charge in [0.15, 0.2) is 0 Å². The maximum atomic E-state index is 12.9. The summed E-state index contributed by atoms with van der Waals surface area (Å²) in [6.45, 7) is 5.10. The van der Waals surface area contributed by atoms with E-state index in [1.807, 2.05) is 36.4 Å². The molecule has 5 heteroatoms. The van der Waals surface area contributed by atoms with E-state index in [0.717, 1.165) is 38.2 Å². The minimum Gasteiger partial charge on any atom is -0.342 e. The van der Waals surface area contributed by atoms with Crippen LogP contribution in [0.25, 0.3) is 6.08 Å². The van der Waals surface area contributed by atoms with Crippen molar-refractivity contribution in [1.29, 1.82) is 0 Å². The number of carbonyl (C=O) groups excluding carboxylic acids is 1. The molecule has 1 aromatic carbocycles. The maximum absolute atomic E-state index is 12.9. The van der Waals surface area contributed by atoms with Crippen LogP contribution in [0, 0.1) is 5.92 Å². The van der Waals surface area contributed by atoms with Crippen LogP contribution < -0.4 is 5.32 Å². The predicted molar refractivity (Wildman–Crippen MR) is 128 cm³/mol. The number of hydrogen-bond acceptors (Lipinski definition) is 4. The highest BCUT2D eigenvalue weighted by Gasteiger charge is 2.30. The molecule has 1 amide bonds. The Balaban J connectivity index is 1.48. The number of pyridine rings is 2. The molecule has 0 unspecified atom stereocenters. The maximum Gasteiger partial charge on any atom is 0.270 e. The van der Waals surface area contributed by atoms with E-state index in [0.29, 0.717) is 5.69 Å². The monoisotopic (exact) mass is 426 g/mol. The second kappa shape index (κ2) is 10.8. The molecule has 2 atom stereocenters. The van der Waals surface area contributed by atoms with Gasteiger partial charge in [0.1, 0.15) is 5.69 Å². The fraction of sp³-hybridized carbons (Fsp3) is 0.296. The van der Waals surface area contributed by atoms with Gasteiger partial charge in [0.2, 0.25) is 0 Å². The van der Waals surface area contributed by atoms with Gasteiger partial charge in [-0.25, -0.2) is 0 Å². The van der Waals surface area contributed by atoms with Crippen LogP contribution in [-0.2, 0) is 0 Å². The molecule has 0 saturated carbocycles. The topological polar surface area (TPSA) is 58.1 Å². The number of rotatable bonds is 7. The number of likely N-dealkylation sites (tertiary alicyclic amines) is 1. The van der Waals surface area contributed by atoms with E-state index in [2.05, 4.69) is 57.4 Å². The lowest BCUT2D eigenvalue weighted by Crippen LogP contribution is -2.43. The fourth-order valence-electron chi connectivity index (χ4n) is 4.44. The third-order valence-corrected chi connectivity index (χ3v) is 5.89. The third-order valence-electron chi connectivity index (χ3n) is 5.89. The van der Waals surface area contributed by atoms with Crippen LogP contribution in [0.4, 0.5) is 0 Å². The van der Waals surface area contributed by atoms with Gasteiger partial charge in [-0.3, -0.25) is 19.7 Å². The Bertz CT molecular complexity index is 1020. The molecule has 32 heavy (non-hydrogen) atoms. The number of amides is 1. The van der Waals surface area contributed by atoms with E-state index in [1.54, 1.807) is 18.5 Å². The highest BCUT2D eigenvalue weighted by molar-refractivity contribution is 5.92. The van der Waals surface area contributed by atoms with E-state index in [1.165, 1.54) is 11.1 Å². The summed E-state index contributed by atoms with van der Waals surface area (Å²) in [6.07, 6.45) is 7.86. The summed E-state index contributed by atoms with van der Waals surface area (Å²) in [5, 5.41) is 3.23. The zero-order chi connectivity index (χ0) is 22.2. The summed E-state index contributed by atoms with van der Waals surface area (Å²) < 4.78 is 0. The van der Waals surface area contributed by atoms with Gasteiger partial charge in [-0.15, -0.1) is 0 Å². The molecule has 3 heterocycles. The lowest BCUT2D eigenvalue weighted by atomic mass is 9.88. The van der Waals surface area contributed by atoms with Gasteiger partial charge in [-0.1, -0.05) is 54.1 Å². The normalized spacial score (nSPS) is 18.2. The van der Waals surface area contributed by atoms with Crippen molar-refractivity contribution >= 4 is 12.0 Å². The van der Waals surface area contributed by atoms with Gasteiger partial charge in [0, 0.05) is 25.5 Å². The molecule has 5 nitrogen and oxygen atoms in total. The van der Waals surface area contributed by atoms with E-state index in [-0.39, 0.29) is 17.9 Å². The van der Waals surface area contributed by atoms with Crippen molar-refractivity contribution in [3.05, 3.63) is 102 Å². The minimum atomic E-state index is -0.154. The Labute approximate surface area is 190 Å². The molecular weight excluding hydrogens is 396 g/mol. The molecule has 4 rings (SSSR count). The number of carbonyl (C=O) groups is 1. The minimum absolute atomic E-state index is 0.146. The summed E-state index contributed by atoms with van der Waals surface area (Å²) >= 11 is 0. The lowest BCUT2D eigenvalue weighted by molar-refractivity contribution is 0.0880. The molecule has 3 aromatic rings. The molecule has 2 aromatic heterocycles. The molecule has 1 saturated heterocycles. The van der Waals surface area contributed by atoms with Crippen LogP contribution in [0.2, 0.25) is 0 Å². The second-order valence-electron chi connectivity index (χ2n) is 8.46. The smallest absolute Gasteiger partial charge is 0.270 e. The van der Waals surface area contributed by atoms with Gasteiger partial charge in [0.05, 0.1) is 11.7 Å². The van der Waals surface area contributed by atoms with Gasteiger partial charge in [-0.05, 0) is 62.1 Å². The summed E-state index contributed by atoms with van der Waals surface area (Å²) in [5.74, 6) is 0.134. The Hall–Kier alpha value is -3.31. The third kappa shape index (κ3) is 5.89. The molecular formula is C27H30N4O. The average Bonchev–Trinajstić information content (AvgIpc) is 2.84. The number of nitrogens with zero attached hydrogens (tertiary/aromatic N) is 3. The highest BCUT2D eigenvalue weighted by atomic mass is 16.1. The van der Waals surface area contributed by atoms with Crippen molar-refractivity contribution in [1.82, 2.24) is 20.2 Å². The molecule has 0 spiro atoms. The Morgan fingerprint density at radius 3 is 2.53 bits per heavy atom. The van der Waals surface area contributed by atoms with E-state index >= 15 is 0 Å². The Morgan fingerprint density at radius 1 is 1.06 bits per heavy atom. The summed E-state index contributed by atoms with van der Waals surface area (Å²) in [6, 6.07) is 21.6. The van der Waals surface area contributed by atoms with Crippen molar-refractivity contribution in [2.45, 2.75) is 25.8 Å². The molecule has 0 bridgehead atoms. The fourth-order valence-corrected chi connectivity index (χ4v) is 4.44. The Morgan fingerprint density at radius 2 is 1.81 bits per heavy atom. The first-order valence-electron chi connectivity index (χ1n) is 11.3. The van der Waals surface area contributed by atoms with Gasteiger partial charge < -0.3 is 5.32 Å². The molecule has 0 aliphatic carbocycles. The van der Waals surface area contributed by atoms with Gasteiger partial charge in [0.25, 0.3) is 5.91 Å². The highest BCUT2D eigenvalue weighted by Crippen LogP contribution is 2.29. The van der Waals surface area contributed by atoms with Crippen molar-refractivity contribution < 1.29 is 4.79 Å².